The van der Waals surface area contributed by atoms with Gasteiger partial charge in [-0.15, -0.1) is 0 Å². The van der Waals surface area contributed by atoms with Crippen LogP contribution in [0.25, 0.3) is 0 Å². The number of benzene rings is 1. The normalized spacial score (nSPS) is 11.9. The van der Waals surface area contributed by atoms with Gasteiger partial charge in [-0.3, -0.25) is 5.84 Å². The van der Waals surface area contributed by atoms with Crippen LogP contribution in [0, 0.1) is 0 Å². The Balaban J connectivity index is 2.43. The summed E-state index contributed by atoms with van der Waals surface area (Å²) in [6.45, 7) is 0. The lowest BCUT2D eigenvalue weighted by Gasteiger charge is -2.19. The summed E-state index contributed by atoms with van der Waals surface area (Å²) in [5.74, 6) is 7.07. The Kier molecular flexibility index (Phi) is 4.27. The molecule has 1 unspecified atom stereocenters. The van der Waals surface area contributed by atoms with E-state index in [0.29, 0.717) is 5.75 Å². The van der Waals surface area contributed by atoms with Crippen molar-refractivity contribution in [3.05, 3.63) is 47.8 Å². The molecule has 0 aliphatic heterocycles. The molecule has 3 N–H and O–H groups in total. The van der Waals surface area contributed by atoms with Gasteiger partial charge in [0, 0.05) is 17.8 Å². The van der Waals surface area contributed by atoms with Gasteiger partial charge in [0.15, 0.2) is 0 Å². The van der Waals surface area contributed by atoms with Gasteiger partial charge < -0.3 is 9.47 Å². The van der Waals surface area contributed by atoms with Gasteiger partial charge in [-0.1, -0.05) is 0 Å². The van der Waals surface area contributed by atoms with E-state index in [-0.39, 0.29) is 6.04 Å². The van der Waals surface area contributed by atoms with Crippen molar-refractivity contribution in [2.75, 3.05) is 14.2 Å². The van der Waals surface area contributed by atoms with E-state index in [4.69, 9.17) is 15.3 Å². The first-order valence-electron chi connectivity index (χ1n) is 5.74. The van der Waals surface area contributed by atoms with E-state index in [2.05, 4.69) is 15.6 Å². The highest BCUT2D eigenvalue weighted by Gasteiger charge is 2.17. The van der Waals surface area contributed by atoms with Gasteiger partial charge in [0.1, 0.15) is 11.5 Å². The number of rotatable bonds is 5. The fraction of sp³-hybridized carbons (Fsp3) is 0.231. The molecule has 19 heavy (non-hydrogen) atoms. The molecule has 1 aromatic heterocycles. The predicted molar refractivity (Wildman–Crippen MR) is 70.7 cm³/mol. The fourth-order valence-corrected chi connectivity index (χ4v) is 1.89. The highest BCUT2D eigenvalue weighted by atomic mass is 16.5. The molecule has 0 spiro atoms. The smallest absolute Gasteiger partial charge is 0.127 e. The molecule has 0 saturated heterocycles. The van der Waals surface area contributed by atoms with Crippen molar-refractivity contribution in [2.45, 2.75) is 6.04 Å². The number of ether oxygens (including phenoxy) is 2. The van der Waals surface area contributed by atoms with Gasteiger partial charge in [-0.05, 0) is 23.8 Å². The molecule has 1 heterocycles. The lowest BCUT2D eigenvalue weighted by atomic mass is 10.00. The number of hydrazine groups is 1. The first kappa shape index (κ1) is 13.3. The molecule has 1 atom stereocenters. The van der Waals surface area contributed by atoms with Crippen molar-refractivity contribution < 1.29 is 9.47 Å². The number of hydrogen-bond donors (Lipinski definition) is 2. The van der Waals surface area contributed by atoms with Gasteiger partial charge in [0.25, 0.3) is 0 Å². The van der Waals surface area contributed by atoms with Crippen LogP contribution in [-0.2, 0) is 0 Å². The molecule has 100 valence electrons. The Morgan fingerprint density at radius 2 is 2.00 bits per heavy atom. The number of methoxy groups -OCH3 is 2. The topological polar surface area (TPSA) is 82.3 Å². The third-order valence-corrected chi connectivity index (χ3v) is 2.86. The summed E-state index contributed by atoms with van der Waals surface area (Å²) in [5.41, 5.74) is 4.56. The maximum absolute atomic E-state index is 5.65. The minimum atomic E-state index is -0.226. The summed E-state index contributed by atoms with van der Waals surface area (Å²) in [6, 6.07) is 7.20. The predicted octanol–water partition coefficient (Wildman–Crippen LogP) is 1.05. The van der Waals surface area contributed by atoms with Crippen LogP contribution in [0.4, 0.5) is 0 Å². The third kappa shape index (κ3) is 2.81. The molecule has 6 nitrogen and oxygen atoms in total. The molecule has 0 bridgehead atoms. The first-order valence-corrected chi connectivity index (χ1v) is 5.74. The first-order chi connectivity index (χ1) is 9.30. The molecule has 2 aromatic rings. The van der Waals surface area contributed by atoms with Crippen molar-refractivity contribution >= 4 is 0 Å². The van der Waals surface area contributed by atoms with Gasteiger partial charge in [-0.25, -0.2) is 5.43 Å². The molecular formula is C13H16N4O2. The number of aromatic nitrogens is 2. The van der Waals surface area contributed by atoms with E-state index in [1.165, 1.54) is 0 Å². The maximum Gasteiger partial charge on any atom is 0.127 e. The van der Waals surface area contributed by atoms with Crippen molar-refractivity contribution in [2.24, 2.45) is 5.84 Å². The maximum atomic E-state index is 5.65. The van der Waals surface area contributed by atoms with Crippen LogP contribution in [0.1, 0.15) is 17.2 Å². The fourth-order valence-electron chi connectivity index (χ4n) is 1.89. The van der Waals surface area contributed by atoms with Crippen LogP contribution in [0.5, 0.6) is 11.5 Å². The van der Waals surface area contributed by atoms with Crippen LogP contribution in [-0.4, -0.2) is 24.4 Å². The second-order valence-electron chi connectivity index (χ2n) is 3.88. The summed E-state index contributed by atoms with van der Waals surface area (Å²) in [5, 5.41) is 7.61. The minimum absolute atomic E-state index is 0.226. The van der Waals surface area contributed by atoms with E-state index in [0.717, 1.165) is 16.9 Å². The summed E-state index contributed by atoms with van der Waals surface area (Å²) < 4.78 is 10.6. The zero-order valence-corrected chi connectivity index (χ0v) is 10.8. The van der Waals surface area contributed by atoms with E-state index in [9.17, 15) is 0 Å². The quantitative estimate of drug-likeness (QED) is 0.617. The van der Waals surface area contributed by atoms with Gasteiger partial charge in [-0.2, -0.15) is 10.2 Å². The van der Waals surface area contributed by atoms with Crippen LogP contribution >= 0.6 is 0 Å². The summed E-state index contributed by atoms with van der Waals surface area (Å²) in [6.07, 6.45) is 3.28. The third-order valence-electron chi connectivity index (χ3n) is 2.86. The molecule has 1 aromatic carbocycles. The molecule has 2 rings (SSSR count). The molecule has 0 saturated carbocycles. The Hall–Kier alpha value is -2.18. The van der Waals surface area contributed by atoms with Crippen LogP contribution in [0.2, 0.25) is 0 Å². The monoisotopic (exact) mass is 260 g/mol. The Morgan fingerprint density at radius 3 is 2.58 bits per heavy atom. The standard InChI is InChI=1S/C13H16N4O2/c1-18-10-3-4-11(12(7-10)19-2)13(17-14)9-5-6-15-16-8-9/h3-8,13,17H,14H2,1-2H3. The van der Waals surface area contributed by atoms with E-state index < -0.39 is 0 Å². The summed E-state index contributed by atoms with van der Waals surface area (Å²) in [4.78, 5) is 0. The molecule has 0 aliphatic rings. The molecule has 6 heteroatoms. The number of hydrogen-bond acceptors (Lipinski definition) is 6. The largest absolute Gasteiger partial charge is 0.497 e. The average molecular weight is 260 g/mol. The molecule has 0 amide bonds. The molecule has 0 fully saturated rings. The lowest BCUT2D eigenvalue weighted by Crippen LogP contribution is -2.29. The number of nitrogens with zero attached hydrogens (tertiary/aromatic N) is 2. The lowest BCUT2D eigenvalue weighted by molar-refractivity contribution is 0.387. The molecule has 0 aliphatic carbocycles. The summed E-state index contributed by atoms with van der Waals surface area (Å²) in [7, 11) is 3.22. The Labute approximate surface area is 111 Å². The Morgan fingerprint density at radius 1 is 1.16 bits per heavy atom. The molecule has 0 radical (unpaired) electrons. The Bertz CT molecular complexity index is 533. The van der Waals surface area contributed by atoms with Crippen molar-refractivity contribution in [1.82, 2.24) is 15.6 Å². The van der Waals surface area contributed by atoms with E-state index in [1.807, 2.05) is 24.3 Å². The molecular weight excluding hydrogens is 244 g/mol. The second-order valence-corrected chi connectivity index (χ2v) is 3.88. The van der Waals surface area contributed by atoms with Gasteiger partial charge in [0.2, 0.25) is 0 Å². The van der Waals surface area contributed by atoms with Crippen molar-refractivity contribution in [3.63, 3.8) is 0 Å². The van der Waals surface area contributed by atoms with Crippen LogP contribution in [0.3, 0.4) is 0 Å². The summed E-state index contributed by atoms with van der Waals surface area (Å²) >= 11 is 0. The SMILES string of the molecule is COc1ccc(C(NN)c2ccnnc2)c(OC)c1. The van der Waals surface area contributed by atoms with Gasteiger partial charge >= 0.3 is 0 Å². The van der Waals surface area contributed by atoms with Crippen molar-refractivity contribution in [1.29, 1.82) is 0 Å². The minimum Gasteiger partial charge on any atom is -0.497 e. The highest BCUT2D eigenvalue weighted by molar-refractivity contribution is 5.45. The zero-order chi connectivity index (χ0) is 13.7. The second kappa shape index (κ2) is 6.12. The average Bonchev–Trinajstić information content (AvgIpc) is 2.49. The number of nitrogens with one attached hydrogen (secondary N) is 1. The zero-order valence-electron chi connectivity index (χ0n) is 10.8. The van der Waals surface area contributed by atoms with E-state index >= 15 is 0 Å². The van der Waals surface area contributed by atoms with Crippen molar-refractivity contribution in [3.8, 4) is 11.5 Å². The van der Waals surface area contributed by atoms with Gasteiger partial charge in [0.05, 0.1) is 26.5 Å². The highest BCUT2D eigenvalue weighted by Crippen LogP contribution is 2.32. The van der Waals surface area contributed by atoms with E-state index in [1.54, 1.807) is 26.6 Å². The number of nitrogens with two attached hydrogens (primary N) is 1. The van der Waals surface area contributed by atoms with Crippen LogP contribution < -0.4 is 20.7 Å². The van der Waals surface area contributed by atoms with Crippen LogP contribution in [0.15, 0.2) is 36.7 Å².